The third kappa shape index (κ3) is 1.91. The number of fused-ring (bicyclic) bond motifs is 2. The molecule has 112 valence electrons. The predicted octanol–water partition coefficient (Wildman–Crippen LogP) is 1.19. The van der Waals surface area contributed by atoms with Crippen molar-refractivity contribution in [3.8, 4) is 0 Å². The van der Waals surface area contributed by atoms with Crippen molar-refractivity contribution in [3.63, 3.8) is 0 Å². The lowest BCUT2D eigenvalue weighted by Crippen LogP contribution is -2.51. The maximum atomic E-state index is 11.7. The molecule has 5 nitrogen and oxygen atoms in total. The standard InChI is InChI=1S/C15H22O5/c1-7-4-11-9(8(2)13(17)19-11)6-15(3)10(7)5-12(16)20-14(15)18/h7,9-12,14,16,18H,2,4-6H2,1,3H3/t7-,9-,10+,11-,12-,14-,15+/m1/s1. The molecule has 0 unspecified atom stereocenters. The van der Waals surface area contributed by atoms with Gasteiger partial charge in [0.05, 0.1) is 0 Å². The molecule has 3 aliphatic rings. The van der Waals surface area contributed by atoms with Gasteiger partial charge in [0.15, 0.2) is 12.6 Å². The van der Waals surface area contributed by atoms with Gasteiger partial charge in [0.1, 0.15) is 6.10 Å². The van der Waals surface area contributed by atoms with E-state index < -0.39 is 18.0 Å². The van der Waals surface area contributed by atoms with Crippen LogP contribution < -0.4 is 0 Å². The minimum absolute atomic E-state index is 0.0616. The highest BCUT2D eigenvalue weighted by atomic mass is 16.7. The van der Waals surface area contributed by atoms with Crippen LogP contribution >= 0.6 is 0 Å². The zero-order chi connectivity index (χ0) is 14.7. The number of esters is 1. The second-order valence-corrected chi connectivity index (χ2v) is 6.78. The summed E-state index contributed by atoms with van der Waals surface area (Å²) in [4.78, 5) is 11.7. The molecule has 0 amide bonds. The monoisotopic (exact) mass is 282 g/mol. The van der Waals surface area contributed by atoms with E-state index >= 15 is 0 Å². The average Bonchev–Trinajstić information content (AvgIpc) is 2.55. The van der Waals surface area contributed by atoms with Gasteiger partial charge in [-0.1, -0.05) is 20.4 Å². The number of hydrogen-bond donors (Lipinski definition) is 2. The second-order valence-electron chi connectivity index (χ2n) is 6.78. The smallest absolute Gasteiger partial charge is 0.334 e. The Morgan fingerprint density at radius 2 is 2.05 bits per heavy atom. The minimum atomic E-state index is -1.03. The molecular formula is C15H22O5. The molecule has 2 saturated heterocycles. The Kier molecular flexibility index (Phi) is 3.19. The maximum Gasteiger partial charge on any atom is 0.334 e. The van der Waals surface area contributed by atoms with Crippen molar-refractivity contribution in [1.82, 2.24) is 0 Å². The summed E-state index contributed by atoms with van der Waals surface area (Å²) >= 11 is 0. The van der Waals surface area contributed by atoms with Crippen molar-refractivity contribution in [2.24, 2.45) is 23.2 Å². The van der Waals surface area contributed by atoms with Crippen molar-refractivity contribution in [2.75, 3.05) is 0 Å². The van der Waals surface area contributed by atoms with Crippen LogP contribution in [0.4, 0.5) is 0 Å². The van der Waals surface area contributed by atoms with Crippen LogP contribution in [0.15, 0.2) is 12.2 Å². The Labute approximate surface area is 118 Å². The zero-order valence-corrected chi connectivity index (χ0v) is 11.9. The summed E-state index contributed by atoms with van der Waals surface area (Å²) in [7, 11) is 0. The van der Waals surface area contributed by atoms with E-state index in [-0.39, 0.29) is 29.8 Å². The van der Waals surface area contributed by atoms with Crippen molar-refractivity contribution >= 4 is 5.97 Å². The molecule has 0 aromatic rings. The van der Waals surface area contributed by atoms with Crippen molar-refractivity contribution in [2.45, 2.75) is 51.8 Å². The first-order valence-electron chi connectivity index (χ1n) is 7.24. The quantitative estimate of drug-likeness (QED) is 0.515. The number of carbonyl (C=O) groups excluding carboxylic acids is 1. The van der Waals surface area contributed by atoms with Gasteiger partial charge in [-0.2, -0.15) is 0 Å². The second kappa shape index (κ2) is 4.55. The lowest BCUT2D eigenvalue weighted by molar-refractivity contribution is -0.304. The summed E-state index contributed by atoms with van der Waals surface area (Å²) in [6, 6.07) is 0. The molecule has 3 rings (SSSR count). The van der Waals surface area contributed by atoms with Gasteiger partial charge >= 0.3 is 5.97 Å². The van der Waals surface area contributed by atoms with Gasteiger partial charge in [0, 0.05) is 23.3 Å². The summed E-state index contributed by atoms with van der Waals surface area (Å²) in [5.74, 6) is -0.00537. The van der Waals surface area contributed by atoms with Crippen LogP contribution in [0.3, 0.4) is 0 Å². The van der Waals surface area contributed by atoms with Crippen LogP contribution in [0.2, 0.25) is 0 Å². The molecule has 2 heterocycles. The van der Waals surface area contributed by atoms with Crippen LogP contribution in [-0.2, 0) is 14.3 Å². The van der Waals surface area contributed by atoms with Gasteiger partial charge in [-0.05, 0) is 24.7 Å². The van der Waals surface area contributed by atoms with E-state index in [4.69, 9.17) is 9.47 Å². The third-order valence-corrected chi connectivity index (χ3v) is 5.52. The molecule has 1 saturated carbocycles. The highest BCUT2D eigenvalue weighted by molar-refractivity contribution is 5.90. The normalized spacial score (nSPS) is 52.0. The van der Waals surface area contributed by atoms with E-state index in [9.17, 15) is 15.0 Å². The summed E-state index contributed by atoms with van der Waals surface area (Å²) < 4.78 is 10.6. The SMILES string of the molecule is C=C1C(=O)O[C@@H]2C[C@@H](C)[C@@H]3C[C@H](O)O[C@@H](O)[C@@]3(C)C[C@H]12. The zero-order valence-electron chi connectivity index (χ0n) is 11.9. The van der Waals surface area contributed by atoms with Gasteiger partial charge in [0.2, 0.25) is 0 Å². The van der Waals surface area contributed by atoms with E-state index in [1.807, 2.05) is 6.92 Å². The predicted molar refractivity (Wildman–Crippen MR) is 70.2 cm³/mol. The van der Waals surface area contributed by atoms with E-state index in [0.717, 1.165) is 6.42 Å². The van der Waals surface area contributed by atoms with Crippen molar-refractivity contribution in [1.29, 1.82) is 0 Å². The average molecular weight is 282 g/mol. The molecule has 7 atom stereocenters. The van der Waals surface area contributed by atoms with E-state index in [1.54, 1.807) is 0 Å². The number of rotatable bonds is 0. The van der Waals surface area contributed by atoms with E-state index in [1.165, 1.54) is 0 Å². The van der Waals surface area contributed by atoms with Gasteiger partial charge in [-0.15, -0.1) is 0 Å². The molecule has 1 aliphatic carbocycles. The molecule has 0 radical (unpaired) electrons. The van der Waals surface area contributed by atoms with Crippen LogP contribution in [0.1, 0.15) is 33.1 Å². The number of aliphatic hydroxyl groups is 2. The molecule has 20 heavy (non-hydrogen) atoms. The minimum Gasteiger partial charge on any atom is -0.458 e. The van der Waals surface area contributed by atoms with Crippen LogP contribution in [0.25, 0.3) is 0 Å². The first kappa shape index (κ1) is 14.0. The Bertz CT molecular complexity index is 448. The molecular weight excluding hydrogens is 260 g/mol. The highest BCUT2D eigenvalue weighted by Gasteiger charge is 2.56. The van der Waals surface area contributed by atoms with Crippen LogP contribution in [0, 0.1) is 23.2 Å². The Morgan fingerprint density at radius 3 is 2.75 bits per heavy atom. The Balaban J connectivity index is 1.96. The summed E-state index contributed by atoms with van der Waals surface area (Å²) in [6.07, 6.45) is -0.249. The molecule has 3 fully saturated rings. The molecule has 0 spiro atoms. The van der Waals surface area contributed by atoms with E-state index in [0.29, 0.717) is 18.4 Å². The third-order valence-electron chi connectivity index (χ3n) is 5.52. The van der Waals surface area contributed by atoms with Crippen LogP contribution in [0.5, 0.6) is 0 Å². The Morgan fingerprint density at radius 1 is 1.35 bits per heavy atom. The molecule has 2 N–H and O–H groups in total. The Hall–Kier alpha value is -0.910. The summed E-state index contributed by atoms with van der Waals surface area (Å²) in [5.41, 5.74) is 0.0111. The molecule has 0 bridgehead atoms. The number of aliphatic hydroxyl groups excluding tert-OH is 2. The van der Waals surface area contributed by atoms with Gasteiger partial charge in [-0.3, -0.25) is 0 Å². The molecule has 0 aromatic carbocycles. The van der Waals surface area contributed by atoms with Crippen molar-refractivity contribution < 1.29 is 24.5 Å². The van der Waals surface area contributed by atoms with Crippen molar-refractivity contribution in [3.05, 3.63) is 12.2 Å². The van der Waals surface area contributed by atoms with Gasteiger partial charge in [-0.25, -0.2) is 4.79 Å². The fraction of sp³-hybridized carbons (Fsp3) is 0.800. The fourth-order valence-electron chi connectivity index (χ4n) is 4.31. The van der Waals surface area contributed by atoms with Crippen LogP contribution in [-0.4, -0.2) is 34.9 Å². The number of carbonyl (C=O) groups is 1. The summed E-state index contributed by atoms with van der Waals surface area (Å²) in [6.45, 7) is 7.91. The number of ether oxygens (including phenoxy) is 2. The van der Waals surface area contributed by atoms with Gasteiger partial charge in [0.25, 0.3) is 0 Å². The lowest BCUT2D eigenvalue weighted by Gasteiger charge is -2.48. The summed E-state index contributed by atoms with van der Waals surface area (Å²) in [5, 5.41) is 20.1. The topological polar surface area (TPSA) is 76.0 Å². The lowest BCUT2D eigenvalue weighted by atomic mass is 9.65. The first-order valence-corrected chi connectivity index (χ1v) is 7.24. The highest BCUT2D eigenvalue weighted by Crippen LogP contribution is 2.54. The number of hydrogen-bond acceptors (Lipinski definition) is 5. The molecule has 5 heteroatoms. The molecule has 0 aromatic heterocycles. The maximum absolute atomic E-state index is 11.7. The fourth-order valence-corrected chi connectivity index (χ4v) is 4.31. The largest absolute Gasteiger partial charge is 0.458 e. The molecule has 2 aliphatic heterocycles. The van der Waals surface area contributed by atoms with E-state index in [2.05, 4.69) is 13.5 Å². The first-order chi connectivity index (χ1) is 9.33. The van der Waals surface area contributed by atoms with Gasteiger partial charge < -0.3 is 19.7 Å².